The zero-order valence-electron chi connectivity index (χ0n) is 8.50. The van der Waals surface area contributed by atoms with E-state index in [1.807, 2.05) is 6.92 Å². The minimum absolute atomic E-state index is 0.143. The molecule has 1 N–H and O–H groups in total. The number of benzene rings is 1. The molecule has 1 heterocycles. The van der Waals surface area contributed by atoms with Gasteiger partial charge in [-0.1, -0.05) is 17.7 Å². The highest BCUT2D eigenvalue weighted by Gasteiger charge is 2.13. The largest absolute Gasteiger partial charge is 0.391 e. The quantitative estimate of drug-likeness (QED) is 0.894. The molecule has 84 valence electrons. The van der Waals surface area contributed by atoms with Gasteiger partial charge in [-0.15, -0.1) is 11.3 Å². The van der Waals surface area contributed by atoms with Crippen LogP contribution in [0, 0.1) is 12.7 Å². The van der Waals surface area contributed by atoms with Crippen LogP contribution >= 0.6 is 22.9 Å². The Hall–Kier alpha value is -0.970. The van der Waals surface area contributed by atoms with E-state index in [9.17, 15) is 9.50 Å². The zero-order chi connectivity index (χ0) is 11.7. The molecule has 2 rings (SSSR count). The molecule has 0 saturated heterocycles. The van der Waals surface area contributed by atoms with Crippen LogP contribution in [0.1, 0.15) is 10.4 Å². The van der Waals surface area contributed by atoms with E-state index in [4.69, 9.17) is 11.6 Å². The van der Waals surface area contributed by atoms with Crippen molar-refractivity contribution in [3.8, 4) is 11.3 Å². The molecule has 0 radical (unpaired) electrons. The Labute approximate surface area is 101 Å². The molecule has 0 bridgehead atoms. The second-order valence-corrected chi connectivity index (χ2v) is 5.02. The third-order valence-corrected chi connectivity index (χ3v) is 3.41. The molecule has 0 unspecified atom stereocenters. The summed E-state index contributed by atoms with van der Waals surface area (Å²) in [6.07, 6.45) is 0. The molecule has 5 heteroatoms. The van der Waals surface area contributed by atoms with E-state index in [1.54, 1.807) is 6.07 Å². The van der Waals surface area contributed by atoms with Crippen molar-refractivity contribution >= 4 is 22.9 Å². The first kappa shape index (κ1) is 11.5. The standard InChI is InChI=1S/C11H9ClFNOS/c1-6-2-3-7(13)4-8(6)10-9(5-15)16-11(12)14-10/h2-4,15H,5H2,1H3. The van der Waals surface area contributed by atoms with E-state index in [0.29, 0.717) is 20.6 Å². The average Bonchev–Trinajstić information content (AvgIpc) is 2.63. The Kier molecular flexibility index (Phi) is 3.23. The molecule has 0 aliphatic carbocycles. The molecule has 2 nitrogen and oxygen atoms in total. The van der Waals surface area contributed by atoms with Crippen LogP contribution in [0.15, 0.2) is 18.2 Å². The number of nitrogens with zero attached hydrogens (tertiary/aromatic N) is 1. The number of hydrogen-bond acceptors (Lipinski definition) is 3. The average molecular weight is 258 g/mol. The third kappa shape index (κ3) is 2.09. The molecule has 0 aliphatic heterocycles. The maximum Gasteiger partial charge on any atom is 0.184 e. The van der Waals surface area contributed by atoms with Crippen molar-refractivity contribution in [2.45, 2.75) is 13.5 Å². The van der Waals surface area contributed by atoms with Gasteiger partial charge in [-0.2, -0.15) is 0 Å². The Morgan fingerprint density at radius 3 is 2.94 bits per heavy atom. The predicted molar refractivity (Wildman–Crippen MR) is 63.2 cm³/mol. The number of hydrogen-bond donors (Lipinski definition) is 1. The summed E-state index contributed by atoms with van der Waals surface area (Å²) in [6.45, 7) is 1.72. The number of aryl methyl sites for hydroxylation is 1. The summed E-state index contributed by atoms with van der Waals surface area (Å²) < 4.78 is 13.5. The van der Waals surface area contributed by atoms with Gasteiger partial charge in [-0.3, -0.25) is 0 Å². The Morgan fingerprint density at radius 1 is 1.50 bits per heavy atom. The lowest BCUT2D eigenvalue weighted by molar-refractivity contribution is 0.286. The summed E-state index contributed by atoms with van der Waals surface area (Å²) in [5, 5.41) is 9.17. The molecule has 0 fully saturated rings. The maximum atomic E-state index is 13.2. The number of thiazole rings is 1. The number of aliphatic hydroxyl groups excluding tert-OH is 1. The Balaban J connectivity index is 2.61. The molecule has 1 aromatic carbocycles. The van der Waals surface area contributed by atoms with Gasteiger partial charge in [0.25, 0.3) is 0 Å². The monoisotopic (exact) mass is 257 g/mol. The van der Waals surface area contributed by atoms with Crippen molar-refractivity contribution in [1.29, 1.82) is 0 Å². The summed E-state index contributed by atoms with van der Waals surface area (Å²) in [4.78, 5) is 4.76. The fraction of sp³-hybridized carbons (Fsp3) is 0.182. The molecule has 0 amide bonds. The van der Waals surface area contributed by atoms with E-state index >= 15 is 0 Å². The van der Waals surface area contributed by atoms with Gasteiger partial charge in [0, 0.05) is 5.56 Å². The molecule has 0 aliphatic rings. The highest BCUT2D eigenvalue weighted by atomic mass is 35.5. The highest BCUT2D eigenvalue weighted by molar-refractivity contribution is 7.16. The van der Waals surface area contributed by atoms with Gasteiger partial charge >= 0.3 is 0 Å². The van der Waals surface area contributed by atoms with E-state index in [0.717, 1.165) is 5.56 Å². The molecule has 2 aromatic rings. The summed E-state index contributed by atoms with van der Waals surface area (Å²) in [5.74, 6) is -0.325. The van der Waals surface area contributed by atoms with Crippen LogP contribution < -0.4 is 0 Å². The third-order valence-electron chi connectivity index (χ3n) is 2.27. The molecule has 16 heavy (non-hydrogen) atoms. The minimum atomic E-state index is -0.325. The first-order valence-corrected chi connectivity index (χ1v) is 5.84. The van der Waals surface area contributed by atoms with Gasteiger partial charge in [0.05, 0.1) is 17.2 Å². The summed E-state index contributed by atoms with van der Waals surface area (Å²) in [7, 11) is 0. The summed E-state index contributed by atoms with van der Waals surface area (Å²) >= 11 is 6.99. The fourth-order valence-electron chi connectivity index (χ4n) is 1.49. The summed E-state index contributed by atoms with van der Waals surface area (Å²) in [5.41, 5.74) is 2.14. The van der Waals surface area contributed by atoms with Crippen LogP contribution in [0.3, 0.4) is 0 Å². The second-order valence-electron chi connectivity index (χ2n) is 3.36. The van der Waals surface area contributed by atoms with Crippen LogP contribution in [0.4, 0.5) is 4.39 Å². The molecular weight excluding hydrogens is 249 g/mol. The lowest BCUT2D eigenvalue weighted by atomic mass is 10.1. The Bertz CT molecular complexity index is 527. The van der Waals surface area contributed by atoms with Crippen molar-refractivity contribution in [1.82, 2.24) is 4.98 Å². The van der Waals surface area contributed by atoms with Crippen molar-refractivity contribution in [3.63, 3.8) is 0 Å². The highest BCUT2D eigenvalue weighted by Crippen LogP contribution is 2.32. The molecule has 0 spiro atoms. The van der Waals surface area contributed by atoms with Crippen molar-refractivity contribution in [3.05, 3.63) is 38.9 Å². The molecular formula is C11H9ClFNOS. The van der Waals surface area contributed by atoms with Gasteiger partial charge in [0.15, 0.2) is 4.47 Å². The Morgan fingerprint density at radius 2 is 2.25 bits per heavy atom. The van der Waals surface area contributed by atoms with Gasteiger partial charge < -0.3 is 5.11 Å². The van der Waals surface area contributed by atoms with E-state index < -0.39 is 0 Å². The van der Waals surface area contributed by atoms with Crippen molar-refractivity contribution < 1.29 is 9.50 Å². The van der Waals surface area contributed by atoms with Gasteiger partial charge in [-0.05, 0) is 24.6 Å². The lowest BCUT2D eigenvalue weighted by Gasteiger charge is -2.04. The van der Waals surface area contributed by atoms with Crippen LogP contribution in [-0.4, -0.2) is 10.1 Å². The molecule has 0 atom stereocenters. The number of aliphatic hydroxyl groups is 1. The van der Waals surface area contributed by atoms with E-state index in [-0.39, 0.29) is 12.4 Å². The van der Waals surface area contributed by atoms with Crippen LogP contribution in [-0.2, 0) is 6.61 Å². The first-order valence-electron chi connectivity index (χ1n) is 4.64. The first-order chi connectivity index (χ1) is 7.61. The number of halogens is 2. The van der Waals surface area contributed by atoms with Crippen molar-refractivity contribution in [2.75, 3.05) is 0 Å². The minimum Gasteiger partial charge on any atom is -0.391 e. The van der Waals surface area contributed by atoms with Crippen molar-refractivity contribution in [2.24, 2.45) is 0 Å². The smallest absolute Gasteiger partial charge is 0.184 e. The number of rotatable bonds is 2. The summed E-state index contributed by atoms with van der Waals surface area (Å²) in [6, 6.07) is 4.48. The predicted octanol–water partition coefficient (Wildman–Crippen LogP) is 3.40. The van der Waals surface area contributed by atoms with E-state index in [2.05, 4.69) is 4.98 Å². The SMILES string of the molecule is Cc1ccc(F)cc1-c1nc(Cl)sc1CO. The van der Waals surface area contributed by atoms with Crippen LogP contribution in [0.2, 0.25) is 4.47 Å². The fourth-order valence-corrected chi connectivity index (χ4v) is 2.51. The zero-order valence-corrected chi connectivity index (χ0v) is 10.1. The topological polar surface area (TPSA) is 33.1 Å². The van der Waals surface area contributed by atoms with Gasteiger partial charge in [0.1, 0.15) is 5.82 Å². The normalized spacial score (nSPS) is 10.8. The van der Waals surface area contributed by atoms with Crippen LogP contribution in [0.5, 0.6) is 0 Å². The van der Waals surface area contributed by atoms with Gasteiger partial charge in [-0.25, -0.2) is 9.37 Å². The van der Waals surface area contributed by atoms with E-state index in [1.165, 1.54) is 23.5 Å². The maximum absolute atomic E-state index is 13.2. The second kappa shape index (κ2) is 4.49. The van der Waals surface area contributed by atoms with Crippen LogP contribution in [0.25, 0.3) is 11.3 Å². The number of aromatic nitrogens is 1. The molecule has 1 aromatic heterocycles. The molecule has 0 saturated carbocycles. The van der Waals surface area contributed by atoms with Gasteiger partial charge in [0.2, 0.25) is 0 Å². The lowest BCUT2D eigenvalue weighted by Crippen LogP contribution is -1.89.